The minimum absolute atomic E-state index is 0.432. The topological polar surface area (TPSA) is 12.0 Å². The minimum atomic E-state index is 0.432. The Labute approximate surface area is 119 Å². The Morgan fingerprint density at radius 2 is 1.94 bits per heavy atom. The van der Waals surface area contributed by atoms with E-state index in [0.717, 1.165) is 13.0 Å². The van der Waals surface area contributed by atoms with Crippen LogP contribution in [-0.2, 0) is 13.0 Å². The van der Waals surface area contributed by atoms with Crippen molar-refractivity contribution in [2.24, 2.45) is 0 Å². The van der Waals surface area contributed by atoms with Crippen LogP contribution in [0.4, 0.5) is 0 Å². The van der Waals surface area contributed by atoms with Crippen LogP contribution in [0.25, 0.3) is 0 Å². The van der Waals surface area contributed by atoms with Gasteiger partial charge in [-0.3, -0.25) is 0 Å². The molecule has 2 aromatic heterocycles. The molecule has 0 bridgehead atoms. The average Bonchev–Trinajstić information content (AvgIpc) is 2.94. The third-order valence-corrected chi connectivity index (χ3v) is 5.70. The molecule has 4 heteroatoms. The summed E-state index contributed by atoms with van der Waals surface area (Å²) in [6, 6.07) is 9.18. The molecule has 0 saturated heterocycles. The van der Waals surface area contributed by atoms with E-state index >= 15 is 0 Å². The molecule has 2 heterocycles. The molecule has 0 spiro atoms. The van der Waals surface area contributed by atoms with Crippen molar-refractivity contribution in [3.05, 3.63) is 42.7 Å². The van der Waals surface area contributed by atoms with Crippen molar-refractivity contribution in [3.8, 4) is 0 Å². The summed E-state index contributed by atoms with van der Waals surface area (Å²) in [7, 11) is 0. The lowest BCUT2D eigenvalue weighted by Gasteiger charge is -2.10. The van der Waals surface area contributed by atoms with E-state index in [2.05, 4.69) is 59.4 Å². The number of thiophene rings is 2. The smallest absolute Gasteiger partial charge is 0.0701 e. The van der Waals surface area contributed by atoms with Gasteiger partial charge in [-0.1, -0.05) is 6.92 Å². The maximum absolute atomic E-state index is 3.57. The molecule has 0 amide bonds. The van der Waals surface area contributed by atoms with Crippen LogP contribution in [-0.4, -0.2) is 0 Å². The number of rotatable bonds is 5. The lowest BCUT2D eigenvalue weighted by Crippen LogP contribution is -2.16. The predicted octanol–water partition coefficient (Wildman–Crippen LogP) is 4.99. The van der Waals surface area contributed by atoms with Crippen LogP contribution >= 0.6 is 38.6 Å². The van der Waals surface area contributed by atoms with Crippen LogP contribution in [0.15, 0.2) is 28.1 Å². The Hall–Kier alpha value is -0.160. The van der Waals surface area contributed by atoms with E-state index in [1.807, 2.05) is 11.3 Å². The highest BCUT2D eigenvalue weighted by Crippen LogP contribution is 2.25. The minimum Gasteiger partial charge on any atom is -0.305 e. The van der Waals surface area contributed by atoms with Gasteiger partial charge in [0.05, 0.1) is 3.79 Å². The summed E-state index contributed by atoms with van der Waals surface area (Å²) >= 11 is 7.19. The fourth-order valence-corrected chi connectivity index (χ4v) is 4.03. The van der Waals surface area contributed by atoms with Gasteiger partial charge in [-0.15, -0.1) is 22.7 Å². The van der Waals surface area contributed by atoms with Crippen LogP contribution < -0.4 is 5.32 Å². The van der Waals surface area contributed by atoms with Crippen molar-refractivity contribution in [1.29, 1.82) is 0 Å². The molecule has 0 aliphatic carbocycles. The lowest BCUT2D eigenvalue weighted by molar-refractivity contribution is 0.587. The molecule has 0 fully saturated rings. The van der Waals surface area contributed by atoms with E-state index in [4.69, 9.17) is 0 Å². The Morgan fingerprint density at radius 1 is 1.18 bits per heavy atom. The maximum atomic E-state index is 3.57. The Kier molecular flexibility index (Phi) is 4.79. The molecule has 17 heavy (non-hydrogen) atoms. The third-order valence-electron chi connectivity index (χ3n) is 2.67. The molecule has 92 valence electrons. The van der Waals surface area contributed by atoms with Crippen molar-refractivity contribution in [2.45, 2.75) is 32.9 Å². The summed E-state index contributed by atoms with van der Waals surface area (Å²) in [5.74, 6) is 0. The molecular formula is C13H16BrNS2. The van der Waals surface area contributed by atoms with Gasteiger partial charge in [0.2, 0.25) is 0 Å². The van der Waals surface area contributed by atoms with E-state index < -0.39 is 0 Å². The molecule has 0 radical (unpaired) electrons. The molecule has 0 saturated carbocycles. The van der Waals surface area contributed by atoms with E-state index in [0.29, 0.717) is 6.04 Å². The van der Waals surface area contributed by atoms with E-state index in [9.17, 15) is 0 Å². The van der Waals surface area contributed by atoms with Crippen LogP contribution in [0.2, 0.25) is 0 Å². The lowest BCUT2D eigenvalue weighted by atomic mass is 10.2. The second-order valence-corrected chi connectivity index (χ2v) is 7.71. The molecule has 2 rings (SSSR count). The van der Waals surface area contributed by atoms with Crippen molar-refractivity contribution in [3.63, 3.8) is 0 Å². The highest BCUT2D eigenvalue weighted by molar-refractivity contribution is 9.11. The van der Waals surface area contributed by atoms with E-state index in [1.165, 1.54) is 18.4 Å². The van der Waals surface area contributed by atoms with Gasteiger partial charge >= 0.3 is 0 Å². The van der Waals surface area contributed by atoms with Crippen molar-refractivity contribution in [2.75, 3.05) is 0 Å². The van der Waals surface area contributed by atoms with Crippen molar-refractivity contribution >= 4 is 38.6 Å². The zero-order valence-corrected chi connectivity index (χ0v) is 13.2. The standard InChI is InChI=1S/C13H16BrNS2/c1-3-10-4-6-12(16-10)9(2)15-8-11-5-7-13(14)17-11/h4-7,9,15H,3,8H2,1-2H3. The maximum Gasteiger partial charge on any atom is 0.0701 e. The summed E-state index contributed by atoms with van der Waals surface area (Å²) in [6.07, 6.45) is 1.13. The van der Waals surface area contributed by atoms with Gasteiger partial charge in [0.1, 0.15) is 0 Å². The van der Waals surface area contributed by atoms with Gasteiger partial charge in [-0.2, -0.15) is 0 Å². The summed E-state index contributed by atoms with van der Waals surface area (Å²) in [5, 5.41) is 3.57. The third kappa shape index (κ3) is 3.65. The molecule has 0 aliphatic heterocycles. The molecule has 1 nitrogen and oxygen atoms in total. The normalized spacial score (nSPS) is 12.9. The quantitative estimate of drug-likeness (QED) is 0.815. The first-order chi connectivity index (χ1) is 8.19. The zero-order chi connectivity index (χ0) is 12.3. The first-order valence-electron chi connectivity index (χ1n) is 5.75. The summed E-state index contributed by atoms with van der Waals surface area (Å²) in [4.78, 5) is 4.26. The van der Waals surface area contributed by atoms with Gasteiger partial charge in [-0.25, -0.2) is 0 Å². The first kappa shape index (κ1) is 13.3. The largest absolute Gasteiger partial charge is 0.305 e. The van der Waals surface area contributed by atoms with Gasteiger partial charge in [-0.05, 0) is 53.5 Å². The number of hydrogen-bond donors (Lipinski definition) is 1. The highest BCUT2D eigenvalue weighted by atomic mass is 79.9. The molecule has 0 aliphatic rings. The number of halogens is 1. The van der Waals surface area contributed by atoms with Gasteiger partial charge in [0.25, 0.3) is 0 Å². The molecule has 1 atom stereocenters. The van der Waals surface area contributed by atoms with E-state index in [1.54, 1.807) is 11.3 Å². The molecule has 1 N–H and O–H groups in total. The monoisotopic (exact) mass is 329 g/mol. The Morgan fingerprint density at radius 3 is 2.53 bits per heavy atom. The van der Waals surface area contributed by atoms with Gasteiger partial charge in [0.15, 0.2) is 0 Å². The number of hydrogen-bond acceptors (Lipinski definition) is 3. The van der Waals surface area contributed by atoms with Gasteiger partial charge < -0.3 is 5.32 Å². The predicted molar refractivity (Wildman–Crippen MR) is 81.0 cm³/mol. The number of aryl methyl sites for hydroxylation is 1. The Bertz CT molecular complexity index is 475. The zero-order valence-electron chi connectivity index (χ0n) is 10.00. The number of nitrogens with one attached hydrogen (secondary N) is 1. The van der Waals surface area contributed by atoms with Gasteiger partial charge in [0, 0.05) is 27.2 Å². The molecular weight excluding hydrogens is 314 g/mol. The molecule has 1 unspecified atom stereocenters. The fourth-order valence-electron chi connectivity index (χ4n) is 1.62. The summed E-state index contributed by atoms with van der Waals surface area (Å²) in [6.45, 7) is 5.38. The average molecular weight is 330 g/mol. The van der Waals surface area contributed by atoms with E-state index in [-0.39, 0.29) is 0 Å². The second-order valence-electron chi connectivity index (χ2n) is 3.97. The molecule has 2 aromatic rings. The Balaban J connectivity index is 1.90. The van der Waals surface area contributed by atoms with Crippen LogP contribution in [0, 0.1) is 0 Å². The fraction of sp³-hybridized carbons (Fsp3) is 0.385. The van der Waals surface area contributed by atoms with Crippen LogP contribution in [0.5, 0.6) is 0 Å². The van der Waals surface area contributed by atoms with Crippen molar-refractivity contribution < 1.29 is 0 Å². The van der Waals surface area contributed by atoms with Crippen LogP contribution in [0.3, 0.4) is 0 Å². The SMILES string of the molecule is CCc1ccc(C(C)NCc2ccc(Br)s2)s1. The summed E-state index contributed by atoms with van der Waals surface area (Å²) in [5.41, 5.74) is 0. The first-order valence-corrected chi connectivity index (χ1v) is 8.18. The second kappa shape index (κ2) is 6.14. The summed E-state index contributed by atoms with van der Waals surface area (Å²) < 4.78 is 1.20. The van der Waals surface area contributed by atoms with Crippen LogP contribution in [0.1, 0.15) is 34.5 Å². The van der Waals surface area contributed by atoms with Crippen molar-refractivity contribution in [1.82, 2.24) is 5.32 Å². The highest BCUT2D eigenvalue weighted by Gasteiger charge is 2.08. The molecule has 0 aromatic carbocycles.